The van der Waals surface area contributed by atoms with Gasteiger partial charge in [-0.3, -0.25) is 0 Å². The number of benzene rings is 4. The van der Waals surface area contributed by atoms with Crippen LogP contribution in [0.3, 0.4) is 0 Å². The van der Waals surface area contributed by atoms with Crippen LogP contribution in [0.25, 0.3) is 11.4 Å². The summed E-state index contributed by atoms with van der Waals surface area (Å²) in [5, 5.41) is 5.31. The minimum Gasteiger partial charge on any atom is -0.458 e. The summed E-state index contributed by atoms with van der Waals surface area (Å²) in [6.07, 6.45) is 2.49. The summed E-state index contributed by atoms with van der Waals surface area (Å²) >= 11 is 3.32. The van der Waals surface area contributed by atoms with Crippen LogP contribution in [-0.4, -0.2) is 75.7 Å². The molecule has 1 aliphatic rings. The van der Waals surface area contributed by atoms with Crippen molar-refractivity contribution in [2.75, 3.05) is 0 Å². The van der Waals surface area contributed by atoms with Crippen molar-refractivity contribution in [3.05, 3.63) is 148 Å². The van der Waals surface area contributed by atoms with Crippen molar-refractivity contribution in [1.82, 2.24) is 20.6 Å². The zero-order valence-electron chi connectivity index (χ0n) is 40.5. The number of carbonyl (C=O) groups excluding carboxylic acids is 4. The van der Waals surface area contributed by atoms with Crippen LogP contribution in [0.1, 0.15) is 91.5 Å². The van der Waals surface area contributed by atoms with Crippen LogP contribution in [0.4, 0.5) is 9.59 Å². The Morgan fingerprint density at radius 1 is 0.588 bits per heavy atom. The maximum absolute atomic E-state index is 12.9. The zero-order valence-corrected chi connectivity index (χ0v) is 42.0. The second kappa shape index (κ2) is 23.3. The van der Waals surface area contributed by atoms with E-state index in [-0.39, 0.29) is 26.1 Å². The van der Waals surface area contributed by atoms with E-state index < -0.39 is 65.7 Å². The Hall–Kier alpha value is -6.10. The van der Waals surface area contributed by atoms with Crippen LogP contribution in [-0.2, 0) is 63.9 Å². The summed E-state index contributed by atoms with van der Waals surface area (Å²) in [5.74, 6) is -0.459. The van der Waals surface area contributed by atoms with Gasteiger partial charge in [-0.1, -0.05) is 109 Å². The lowest BCUT2D eigenvalue weighted by Gasteiger charge is -2.32. The second-order valence-electron chi connectivity index (χ2n) is 19.2. The number of nitrogens with one attached hydrogen (secondary N) is 2. The topological polar surface area (TPSA) is 174 Å². The maximum atomic E-state index is 12.9. The molecule has 360 valence electrons. The Morgan fingerprint density at radius 2 is 0.971 bits per heavy atom. The molecule has 2 N–H and O–H groups in total. The molecule has 0 unspecified atom stereocenters. The van der Waals surface area contributed by atoms with E-state index in [2.05, 4.69) is 36.5 Å². The predicted octanol–water partition coefficient (Wildman–Crippen LogP) is 9.25. The van der Waals surface area contributed by atoms with Crippen molar-refractivity contribution in [1.29, 1.82) is 0 Å². The molecule has 14 nitrogen and oxygen atoms in total. The Morgan fingerprint density at radius 3 is 1.35 bits per heavy atom. The number of esters is 2. The Labute approximate surface area is 408 Å². The zero-order chi connectivity index (χ0) is 49.7. The molecule has 2 atom stereocenters. The van der Waals surface area contributed by atoms with Crippen LogP contribution in [0.5, 0.6) is 0 Å². The van der Waals surface area contributed by atoms with Crippen LogP contribution in [0.15, 0.2) is 126 Å². The molecule has 0 aliphatic carbocycles. The lowest BCUT2D eigenvalue weighted by atomic mass is 9.78. The number of carbonyl (C=O) groups is 4. The van der Waals surface area contributed by atoms with Gasteiger partial charge in [0.2, 0.25) is 0 Å². The smallest absolute Gasteiger partial charge is 0.458 e. The number of nitrogens with zero attached hydrogens (tertiary/aromatic N) is 2. The van der Waals surface area contributed by atoms with E-state index >= 15 is 0 Å². The second-order valence-corrected chi connectivity index (χ2v) is 20.2. The van der Waals surface area contributed by atoms with Gasteiger partial charge in [0.1, 0.15) is 36.5 Å². The fraction of sp³-hybridized carbons (Fsp3) is 0.385. The molecular formula is C52H62BBrN4O10. The third kappa shape index (κ3) is 16.9. The van der Waals surface area contributed by atoms with Gasteiger partial charge >= 0.3 is 31.2 Å². The summed E-state index contributed by atoms with van der Waals surface area (Å²) in [5.41, 5.74) is 2.90. The summed E-state index contributed by atoms with van der Waals surface area (Å²) in [6.45, 7) is 19.0. The van der Waals surface area contributed by atoms with Gasteiger partial charge in [-0.15, -0.1) is 0 Å². The summed E-state index contributed by atoms with van der Waals surface area (Å²) in [7, 11) is -0.471. The van der Waals surface area contributed by atoms with Crippen LogP contribution in [0, 0.1) is 0 Å². The Bertz CT molecular complexity index is 2410. The average Bonchev–Trinajstić information content (AvgIpc) is 3.50. The summed E-state index contributed by atoms with van der Waals surface area (Å²) < 4.78 is 34.7. The third-order valence-electron chi connectivity index (χ3n) is 10.6. The van der Waals surface area contributed by atoms with Crippen molar-refractivity contribution in [2.24, 2.45) is 0 Å². The van der Waals surface area contributed by atoms with Crippen molar-refractivity contribution in [2.45, 2.75) is 130 Å². The first-order valence-electron chi connectivity index (χ1n) is 22.4. The number of amides is 2. The summed E-state index contributed by atoms with van der Waals surface area (Å²) in [6, 6.07) is 32.0. The quantitative estimate of drug-likeness (QED) is 0.0615. The van der Waals surface area contributed by atoms with Gasteiger partial charge in [-0.05, 0) is 113 Å². The van der Waals surface area contributed by atoms with Crippen molar-refractivity contribution < 1.29 is 47.4 Å². The third-order valence-corrected chi connectivity index (χ3v) is 11.0. The lowest BCUT2D eigenvalue weighted by Crippen LogP contribution is -2.45. The van der Waals surface area contributed by atoms with Gasteiger partial charge in [0.05, 0.1) is 15.7 Å². The van der Waals surface area contributed by atoms with Gasteiger partial charge in [0, 0.05) is 30.8 Å². The van der Waals surface area contributed by atoms with Crippen molar-refractivity contribution >= 4 is 52.6 Å². The molecule has 5 aromatic rings. The van der Waals surface area contributed by atoms with Gasteiger partial charge in [0.25, 0.3) is 0 Å². The molecule has 6 rings (SSSR count). The maximum Gasteiger partial charge on any atom is 0.494 e. The molecule has 1 fully saturated rings. The average molecular weight is 994 g/mol. The molecule has 0 radical (unpaired) electrons. The SMILES string of the molecule is CC(C)(C)OC(=O)[C@H](Cc1ccc(-c2ncc(Br)cn2)cc1)NC(=O)OCc1ccccc1.CC(C)(C)OC(=O)[C@H](Cc1ccc(B2OC(C)(C)C(C)(C)O2)cc1)NC(=O)OCc1ccccc1. The highest BCUT2D eigenvalue weighted by Gasteiger charge is 2.51. The van der Waals surface area contributed by atoms with E-state index in [1.807, 2.05) is 137 Å². The molecule has 0 saturated carbocycles. The monoisotopic (exact) mass is 992 g/mol. The minimum absolute atomic E-state index is 0.107. The van der Waals surface area contributed by atoms with E-state index in [1.54, 1.807) is 53.9 Å². The van der Waals surface area contributed by atoms with E-state index in [0.717, 1.165) is 37.8 Å². The molecule has 0 spiro atoms. The lowest BCUT2D eigenvalue weighted by molar-refractivity contribution is -0.158. The van der Waals surface area contributed by atoms with Crippen molar-refractivity contribution in [3.63, 3.8) is 0 Å². The molecule has 2 amide bonds. The van der Waals surface area contributed by atoms with E-state index in [0.29, 0.717) is 5.82 Å². The molecule has 1 saturated heterocycles. The van der Waals surface area contributed by atoms with E-state index in [9.17, 15) is 19.2 Å². The highest BCUT2D eigenvalue weighted by Crippen LogP contribution is 2.36. The van der Waals surface area contributed by atoms with E-state index in [1.165, 1.54) is 0 Å². The molecule has 1 aliphatic heterocycles. The van der Waals surface area contributed by atoms with Crippen LogP contribution in [0.2, 0.25) is 0 Å². The molecular weight excluding hydrogens is 931 g/mol. The number of halogens is 1. The predicted molar refractivity (Wildman–Crippen MR) is 264 cm³/mol. The highest BCUT2D eigenvalue weighted by molar-refractivity contribution is 9.10. The highest BCUT2D eigenvalue weighted by atomic mass is 79.9. The first-order valence-corrected chi connectivity index (χ1v) is 23.2. The molecule has 2 heterocycles. The van der Waals surface area contributed by atoms with Gasteiger partial charge < -0.3 is 38.9 Å². The van der Waals surface area contributed by atoms with Gasteiger partial charge in [-0.25, -0.2) is 29.1 Å². The fourth-order valence-electron chi connectivity index (χ4n) is 6.46. The first kappa shape index (κ1) is 52.9. The number of rotatable bonds is 14. The fourth-order valence-corrected chi connectivity index (χ4v) is 6.66. The molecule has 4 aromatic carbocycles. The number of ether oxygens (including phenoxy) is 4. The first-order chi connectivity index (χ1) is 31.9. The number of hydrogen-bond acceptors (Lipinski definition) is 12. The van der Waals surface area contributed by atoms with Crippen LogP contribution >= 0.6 is 15.9 Å². The number of alkyl carbamates (subject to hydrolysis) is 2. The Balaban J connectivity index is 0.000000255. The van der Waals surface area contributed by atoms with Gasteiger partial charge in [0.15, 0.2) is 5.82 Å². The normalized spacial score (nSPS) is 14.8. The van der Waals surface area contributed by atoms with E-state index in [4.69, 9.17) is 28.3 Å². The molecule has 68 heavy (non-hydrogen) atoms. The summed E-state index contributed by atoms with van der Waals surface area (Å²) in [4.78, 5) is 59.1. The van der Waals surface area contributed by atoms with Crippen molar-refractivity contribution in [3.8, 4) is 11.4 Å². The molecule has 16 heteroatoms. The molecule has 1 aromatic heterocycles. The number of hydrogen-bond donors (Lipinski definition) is 2. The minimum atomic E-state index is -0.903. The van der Waals surface area contributed by atoms with Gasteiger partial charge in [-0.2, -0.15) is 0 Å². The van der Waals surface area contributed by atoms with Crippen LogP contribution < -0.4 is 16.1 Å². The standard InChI is InChI=1S/C27H36BNO6.C25H26BrN3O4/c1-25(2,3)33-23(30)22(29-24(31)32-18-20-11-9-8-10-12-20)17-19-13-15-21(16-14-19)28-34-26(4,5)27(6,7)35-28;1-25(2,3)33-23(30)21(29-24(31)32-16-18-7-5-4-6-8-18)13-17-9-11-19(12-10-17)22-27-14-20(26)15-28-22/h8-16,22H,17-18H2,1-7H3,(H,29,31);4-12,14-15,21H,13,16H2,1-3H3,(H,29,31)/t22-;21-/m00/s1. The molecule has 0 bridgehead atoms. The largest absolute Gasteiger partial charge is 0.494 e. The Kier molecular flexibility index (Phi) is 18.1. The number of aromatic nitrogens is 2.